The van der Waals surface area contributed by atoms with E-state index in [0.29, 0.717) is 11.4 Å². The van der Waals surface area contributed by atoms with E-state index in [1.165, 1.54) is 51.8 Å². The minimum Gasteiger partial charge on any atom is -0.507 e. The number of phenolic OH excluding ortho intramolecular Hbond substituents is 1. The molecule has 0 saturated heterocycles. The second kappa shape index (κ2) is 13.8. The Morgan fingerprint density at radius 3 is 2.44 bits per heavy atom. The van der Waals surface area contributed by atoms with E-state index >= 15 is 0 Å². The van der Waals surface area contributed by atoms with Gasteiger partial charge in [-0.3, -0.25) is 19.2 Å². The standard InChI is InChI=1S/C34H34ClN3O10/c1-17-13-21(40)28(32(43)34(17)33(44)29-23(46-3)16-24(47-4)30(35)31(29)48-34)19(18-8-9-20(39)22(14-18)45-2)15-27(42)37-12-10-26(41)38-25-7-5-6-11-36-25/h5-9,11,14,16-17,19,39,43H,10,12-13,15H2,1-4H3,(H,37,42)(H,36,38,41)/t17-,19?,34+/m1/s1. The van der Waals surface area contributed by atoms with Gasteiger partial charge in [-0.2, -0.15) is 0 Å². The van der Waals surface area contributed by atoms with Gasteiger partial charge < -0.3 is 39.8 Å². The Morgan fingerprint density at radius 1 is 1.04 bits per heavy atom. The predicted molar refractivity (Wildman–Crippen MR) is 173 cm³/mol. The third kappa shape index (κ3) is 6.08. The number of Topliss-reactive ketones (excluding diaryl/α,β-unsaturated/α-hetero) is 2. The summed E-state index contributed by atoms with van der Waals surface area (Å²) in [7, 11) is 4.07. The summed E-state index contributed by atoms with van der Waals surface area (Å²) in [5.74, 6) is -4.40. The van der Waals surface area contributed by atoms with Gasteiger partial charge in [0.1, 0.15) is 27.9 Å². The van der Waals surface area contributed by atoms with Gasteiger partial charge >= 0.3 is 0 Å². The first-order valence-corrected chi connectivity index (χ1v) is 15.3. The monoisotopic (exact) mass is 679 g/mol. The molecule has 14 heteroatoms. The molecule has 1 aliphatic heterocycles. The molecule has 1 aliphatic carbocycles. The van der Waals surface area contributed by atoms with Gasteiger partial charge in [-0.05, 0) is 29.8 Å². The second-order valence-corrected chi connectivity index (χ2v) is 11.7. The first-order chi connectivity index (χ1) is 23.0. The number of hydrogen-bond acceptors (Lipinski definition) is 11. The van der Waals surface area contributed by atoms with Gasteiger partial charge in [0.15, 0.2) is 28.8 Å². The number of pyridine rings is 1. The number of hydrogen-bond donors (Lipinski definition) is 4. The molecule has 0 radical (unpaired) electrons. The van der Waals surface area contributed by atoms with E-state index in [1.807, 2.05) is 0 Å². The molecule has 252 valence electrons. The topological polar surface area (TPSA) is 183 Å². The molecule has 0 fully saturated rings. The first kappa shape index (κ1) is 34.0. The average Bonchev–Trinajstić information content (AvgIpc) is 3.38. The number of benzene rings is 2. The third-order valence-electron chi connectivity index (χ3n) is 8.46. The van der Waals surface area contributed by atoms with E-state index in [2.05, 4.69) is 15.6 Å². The van der Waals surface area contributed by atoms with Gasteiger partial charge in [0.25, 0.3) is 0 Å². The van der Waals surface area contributed by atoms with Crippen LogP contribution >= 0.6 is 11.6 Å². The maximum absolute atomic E-state index is 14.3. The van der Waals surface area contributed by atoms with E-state index in [1.54, 1.807) is 25.1 Å². The van der Waals surface area contributed by atoms with Crippen LogP contribution in [0.25, 0.3) is 0 Å². The van der Waals surface area contributed by atoms with Crippen LogP contribution in [0.2, 0.25) is 5.02 Å². The summed E-state index contributed by atoms with van der Waals surface area (Å²) >= 11 is 6.56. The number of nitrogens with zero attached hydrogens (tertiary/aromatic N) is 1. The number of allylic oxidation sites excluding steroid dienone is 1. The fourth-order valence-corrected chi connectivity index (χ4v) is 6.32. The Balaban J connectivity index is 1.51. The summed E-state index contributed by atoms with van der Waals surface area (Å²) in [6.07, 6.45) is 0.851. The zero-order valence-electron chi connectivity index (χ0n) is 26.6. The zero-order valence-corrected chi connectivity index (χ0v) is 27.3. The van der Waals surface area contributed by atoms with Crippen molar-refractivity contribution in [1.29, 1.82) is 0 Å². The van der Waals surface area contributed by atoms with Crippen LogP contribution < -0.4 is 29.6 Å². The van der Waals surface area contributed by atoms with Crippen molar-refractivity contribution in [3.63, 3.8) is 0 Å². The SMILES string of the molecule is COc1cc(C(CC(=O)NCCC(=O)Nc2ccccn2)C2=C(O)[C@@]3(Oc4c(Cl)c(OC)cc(OC)c4C3=O)[C@H](C)CC2=O)ccc1O. The summed E-state index contributed by atoms with van der Waals surface area (Å²) in [6.45, 7) is 1.55. The fourth-order valence-electron chi connectivity index (χ4n) is 6.05. The number of amides is 2. The molecule has 3 atom stereocenters. The van der Waals surface area contributed by atoms with Crippen molar-refractivity contribution in [2.24, 2.45) is 5.92 Å². The maximum atomic E-state index is 14.3. The number of aromatic hydroxyl groups is 1. The van der Waals surface area contributed by atoms with E-state index in [0.717, 1.165) is 0 Å². The summed E-state index contributed by atoms with van der Waals surface area (Å²) in [5.41, 5.74) is -2.01. The molecule has 13 nitrogen and oxygen atoms in total. The molecule has 2 aliphatic rings. The van der Waals surface area contributed by atoms with E-state index in [9.17, 15) is 29.4 Å². The highest BCUT2D eigenvalue weighted by molar-refractivity contribution is 6.35. The van der Waals surface area contributed by atoms with Gasteiger partial charge in [-0.25, -0.2) is 4.98 Å². The highest BCUT2D eigenvalue weighted by Gasteiger charge is 2.61. The fraction of sp³-hybridized carbons (Fsp3) is 0.324. The number of halogens is 1. The lowest BCUT2D eigenvalue weighted by molar-refractivity contribution is -0.121. The Bertz CT molecular complexity index is 1810. The summed E-state index contributed by atoms with van der Waals surface area (Å²) in [4.78, 5) is 57.8. The molecule has 2 amide bonds. The molecule has 2 aromatic carbocycles. The van der Waals surface area contributed by atoms with Crippen molar-refractivity contribution in [1.82, 2.24) is 10.3 Å². The van der Waals surface area contributed by atoms with Crippen LogP contribution in [0.5, 0.6) is 28.7 Å². The molecule has 5 rings (SSSR count). The van der Waals surface area contributed by atoms with E-state index < -0.39 is 40.7 Å². The number of carbonyl (C=O) groups excluding carboxylic acids is 4. The molecule has 0 bridgehead atoms. The van der Waals surface area contributed by atoms with Crippen molar-refractivity contribution >= 4 is 40.8 Å². The summed E-state index contributed by atoms with van der Waals surface area (Å²) in [6, 6.07) is 10.7. The number of methoxy groups -OCH3 is 3. The molecule has 4 N–H and O–H groups in total. The van der Waals surface area contributed by atoms with Crippen molar-refractivity contribution in [2.45, 2.75) is 37.7 Å². The van der Waals surface area contributed by atoms with E-state index in [-0.39, 0.29) is 76.6 Å². The van der Waals surface area contributed by atoms with Gasteiger partial charge in [-0.15, -0.1) is 0 Å². The number of aromatic nitrogens is 1. The second-order valence-electron chi connectivity index (χ2n) is 11.3. The number of rotatable bonds is 11. The zero-order chi connectivity index (χ0) is 34.7. The Kier molecular flexibility index (Phi) is 9.80. The molecular weight excluding hydrogens is 646 g/mol. The molecule has 0 saturated carbocycles. The van der Waals surface area contributed by atoms with Crippen LogP contribution in [0.1, 0.15) is 48.0 Å². The number of fused-ring (bicyclic) bond motifs is 1. The van der Waals surface area contributed by atoms with Crippen LogP contribution in [0.4, 0.5) is 5.82 Å². The number of ether oxygens (including phenoxy) is 4. The van der Waals surface area contributed by atoms with Crippen LogP contribution in [0.3, 0.4) is 0 Å². The number of carbonyl (C=O) groups is 4. The number of aliphatic hydroxyl groups is 1. The lowest BCUT2D eigenvalue weighted by Crippen LogP contribution is -2.53. The van der Waals surface area contributed by atoms with Gasteiger partial charge in [0, 0.05) is 55.5 Å². The van der Waals surface area contributed by atoms with Crippen LogP contribution in [-0.2, 0) is 14.4 Å². The summed E-state index contributed by atoms with van der Waals surface area (Å²) in [5, 5.41) is 27.6. The lowest BCUT2D eigenvalue weighted by atomic mass is 9.69. The molecule has 48 heavy (non-hydrogen) atoms. The van der Waals surface area contributed by atoms with E-state index in [4.69, 9.17) is 30.5 Å². The molecule has 1 aromatic heterocycles. The molecule has 2 heterocycles. The summed E-state index contributed by atoms with van der Waals surface area (Å²) < 4.78 is 22.3. The number of aliphatic hydroxyl groups excluding tert-OH is 1. The highest BCUT2D eigenvalue weighted by Crippen LogP contribution is 2.56. The van der Waals surface area contributed by atoms with Gasteiger partial charge in [0.2, 0.25) is 23.2 Å². The number of ketones is 2. The van der Waals surface area contributed by atoms with Crippen molar-refractivity contribution in [3.05, 3.63) is 76.1 Å². The maximum Gasteiger partial charge on any atom is 0.231 e. The van der Waals surface area contributed by atoms with Crippen LogP contribution in [0.15, 0.2) is 60.0 Å². The van der Waals surface area contributed by atoms with Crippen LogP contribution in [0, 0.1) is 5.92 Å². The van der Waals surface area contributed by atoms with Gasteiger partial charge in [0.05, 0.1) is 21.3 Å². The number of phenols is 1. The number of nitrogens with one attached hydrogen (secondary N) is 2. The lowest BCUT2D eigenvalue weighted by Gasteiger charge is -2.38. The van der Waals surface area contributed by atoms with Crippen LogP contribution in [-0.4, -0.2) is 72.1 Å². The molecule has 1 spiro atoms. The molecule has 1 unspecified atom stereocenters. The normalized spacial score (nSPS) is 19.0. The molecule has 3 aromatic rings. The average molecular weight is 680 g/mol. The highest BCUT2D eigenvalue weighted by atomic mass is 35.5. The van der Waals surface area contributed by atoms with Gasteiger partial charge in [-0.1, -0.05) is 30.7 Å². The van der Waals surface area contributed by atoms with Crippen molar-refractivity contribution in [3.8, 4) is 28.7 Å². The Labute approximate surface area is 280 Å². The van der Waals surface area contributed by atoms with Crippen molar-refractivity contribution in [2.75, 3.05) is 33.2 Å². The third-order valence-corrected chi connectivity index (χ3v) is 8.82. The number of anilines is 1. The largest absolute Gasteiger partial charge is 0.507 e. The first-order valence-electron chi connectivity index (χ1n) is 15.0. The Morgan fingerprint density at radius 2 is 1.77 bits per heavy atom. The molecular formula is C34H34ClN3O10. The minimum atomic E-state index is -2.08. The quantitative estimate of drug-likeness (QED) is 0.224. The predicted octanol–water partition coefficient (Wildman–Crippen LogP) is 4.52. The Hall–Kier alpha value is -5.30. The van der Waals surface area contributed by atoms with Crippen molar-refractivity contribution < 1.29 is 48.3 Å². The minimum absolute atomic E-state index is 0.0248. The smallest absolute Gasteiger partial charge is 0.231 e.